The van der Waals surface area contributed by atoms with E-state index in [0.29, 0.717) is 12.8 Å². The van der Waals surface area contributed by atoms with Gasteiger partial charge in [-0.25, -0.2) is 4.79 Å². The number of carbonyl (C=O) groups excluding carboxylic acids is 2. The molecule has 1 aromatic rings. The molecule has 1 aromatic carbocycles. The van der Waals surface area contributed by atoms with Crippen molar-refractivity contribution in [2.24, 2.45) is 10.8 Å². The number of ether oxygens (including phenoxy) is 2. The fourth-order valence-corrected chi connectivity index (χ4v) is 4.55. The lowest BCUT2D eigenvalue weighted by molar-refractivity contribution is -0.186. The van der Waals surface area contributed by atoms with Gasteiger partial charge in [-0.2, -0.15) is 0 Å². The Labute approximate surface area is 136 Å². The van der Waals surface area contributed by atoms with Crippen molar-refractivity contribution >= 4 is 11.9 Å². The van der Waals surface area contributed by atoms with Gasteiger partial charge in [0.15, 0.2) is 0 Å². The second kappa shape index (κ2) is 4.37. The summed E-state index contributed by atoms with van der Waals surface area (Å²) < 4.78 is 11.4. The van der Waals surface area contributed by atoms with E-state index >= 15 is 0 Å². The molecule has 1 saturated carbocycles. The smallest absolute Gasteiger partial charge is 0.351 e. The highest BCUT2D eigenvalue weighted by Gasteiger charge is 2.76. The summed E-state index contributed by atoms with van der Waals surface area (Å²) in [7, 11) is 0. The molecule has 0 amide bonds. The highest BCUT2D eigenvalue weighted by Crippen LogP contribution is 2.65. The van der Waals surface area contributed by atoms with Crippen LogP contribution in [0.1, 0.15) is 44.7 Å². The van der Waals surface area contributed by atoms with Gasteiger partial charge in [0.25, 0.3) is 0 Å². The standard InChI is InChI=1S/C19H22O4/c1-17(2)18(3)8-9-19(17,23-15(18)20)16(21)22-14-10-12-6-4-5-7-13(12)11-14/h4-7,14H,8-11H2,1-3H3. The fourth-order valence-electron chi connectivity index (χ4n) is 4.55. The number of benzene rings is 1. The maximum atomic E-state index is 12.9. The predicted octanol–water partition coefficient (Wildman–Crippen LogP) is 2.82. The van der Waals surface area contributed by atoms with Crippen molar-refractivity contribution in [3.63, 3.8) is 0 Å². The van der Waals surface area contributed by atoms with E-state index in [0.717, 1.165) is 12.8 Å². The van der Waals surface area contributed by atoms with E-state index in [2.05, 4.69) is 12.1 Å². The summed E-state index contributed by atoms with van der Waals surface area (Å²) in [5, 5.41) is 0. The largest absolute Gasteiger partial charge is 0.459 e. The Kier molecular flexibility index (Phi) is 2.80. The molecule has 0 N–H and O–H groups in total. The SMILES string of the molecule is CC12CCC(C(=O)OC3Cc4ccccc4C3)(OC1=O)C2(C)C. The molecule has 0 aromatic heterocycles. The summed E-state index contributed by atoms with van der Waals surface area (Å²) in [5.41, 5.74) is 0.223. The van der Waals surface area contributed by atoms with Crippen molar-refractivity contribution in [1.29, 1.82) is 0 Å². The van der Waals surface area contributed by atoms with Gasteiger partial charge < -0.3 is 9.47 Å². The average molecular weight is 314 g/mol. The number of esters is 2. The van der Waals surface area contributed by atoms with Crippen LogP contribution in [0.5, 0.6) is 0 Å². The molecular weight excluding hydrogens is 292 g/mol. The molecular formula is C19H22O4. The topological polar surface area (TPSA) is 52.6 Å². The van der Waals surface area contributed by atoms with Crippen molar-refractivity contribution in [3.8, 4) is 0 Å². The van der Waals surface area contributed by atoms with E-state index in [9.17, 15) is 9.59 Å². The van der Waals surface area contributed by atoms with Crippen LogP contribution in [0.2, 0.25) is 0 Å². The number of hydrogen-bond acceptors (Lipinski definition) is 4. The molecule has 1 heterocycles. The minimum Gasteiger partial charge on any atom is -0.459 e. The van der Waals surface area contributed by atoms with Gasteiger partial charge in [0, 0.05) is 18.3 Å². The lowest BCUT2D eigenvalue weighted by Crippen LogP contribution is -2.49. The molecule has 4 rings (SSSR count). The molecule has 2 atom stereocenters. The van der Waals surface area contributed by atoms with Crippen molar-refractivity contribution in [2.45, 2.75) is 58.2 Å². The normalized spacial score (nSPS) is 34.3. The van der Waals surface area contributed by atoms with Gasteiger partial charge in [-0.1, -0.05) is 38.1 Å². The van der Waals surface area contributed by atoms with E-state index < -0.39 is 16.4 Å². The van der Waals surface area contributed by atoms with E-state index in [4.69, 9.17) is 9.47 Å². The lowest BCUT2D eigenvalue weighted by Gasteiger charge is -2.35. The minimum absolute atomic E-state index is 0.156. The zero-order valence-corrected chi connectivity index (χ0v) is 13.8. The van der Waals surface area contributed by atoms with Gasteiger partial charge in [0.2, 0.25) is 5.60 Å². The number of hydrogen-bond donors (Lipinski definition) is 0. The van der Waals surface area contributed by atoms with Crippen LogP contribution in [0.25, 0.3) is 0 Å². The van der Waals surface area contributed by atoms with Crippen molar-refractivity contribution in [1.82, 2.24) is 0 Å². The molecule has 1 aliphatic heterocycles. The molecule has 2 bridgehead atoms. The quantitative estimate of drug-likeness (QED) is 0.788. The van der Waals surface area contributed by atoms with Gasteiger partial charge in [-0.05, 0) is 30.9 Å². The first-order chi connectivity index (χ1) is 10.8. The molecule has 0 spiro atoms. The van der Waals surface area contributed by atoms with Gasteiger partial charge >= 0.3 is 11.9 Å². The molecule has 23 heavy (non-hydrogen) atoms. The third-order valence-corrected chi connectivity index (χ3v) is 6.70. The monoisotopic (exact) mass is 314 g/mol. The van der Waals surface area contributed by atoms with Gasteiger partial charge in [0.05, 0.1) is 5.41 Å². The van der Waals surface area contributed by atoms with Crippen LogP contribution in [-0.2, 0) is 31.9 Å². The average Bonchev–Trinajstić information content (AvgIpc) is 3.04. The molecule has 0 radical (unpaired) electrons. The Bertz CT molecular complexity index is 682. The number of rotatable bonds is 2. The van der Waals surface area contributed by atoms with Crippen LogP contribution in [-0.4, -0.2) is 23.6 Å². The van der Waals surface area contributed by atoms with Crippen LogP contribution in [0, 0.1) is 10.8 Å². The maximum absolute atomic E-state index is 12.9. The van der Waals surface area contributed by atoms with Gasteiger partial charge in [0.1, 0.15) is 6.10 Å². The summed E-state index contributed by atoms with van der Waals surface area (Å²) in [4.78, 5) is 25.2. The zero-order chi connectivity index (χ0) is 16.5. The highest BCUT2D eigenvalue weighted by molar-refractivity contribution is 5.93. The van der Waals surface area contributed by atoms with Crippen molar-refractivity contribution in [2.75, 3.05) is 0 Å². The molecule has 4 nitrogen and oxygen atoms in total. The first-order valence-electron chi connectivity index (χ1n) is 8.31. The fraction of sp³-hybridized carbons (Fsp3) is 0.579. The van der Waals surface area contributed by atoms with Crippen LogP contribution >= 0.6 is 0 Å². The van der Waals surface area contributed by atoms with Crippen LogP contribution in [0.15, 0.2) is 24.3 Å². The van der Waals surface area contributed by atoms with E-state index in [1.807, 2.05) is 32.9 Å². The third-order valence-electron chi connectivity index (χ3n) is 6.70. The van der Waals surface area contributed by atoms with Crippen molar-refractivity contribution < 1.29 is 19.1 Å². The Morgan fingerprint density at radius 1 is 1.13 bits per heavy atom. The summed E-state index contributed by atoms with van der Waals surface area (Å²) in [5.74, 6) is -0.629. The Balaban J connectivity index is 1.56. The molecule has 2 fully saturated rings. The Morgan fingerprint density at radius 3 is 2.22 bits per heavy atom. The Morgan fingerprint density at radius 2 is 1.74 bits per heavy atom. The molecule has 2 aliphatic carbocycles. The molecule has 1 saturated heterocycles. The van der Waals surface area contributed by atoms with Crippen molar-refractivity contribution in [3.05, 3.63) is 35.4 Å². The molecule has 2 unspecified atom stereocenters. The summed E-state index contributed by atoms with van der Waals surface area (Å²) >= 11 is 0. The minimum atomic E-state index is -1.12. The van der Waals surface area contributed by atoms with Gasteiger partial charge in [-0.3, -0.25) is 4.79 Å². The number of carbonyl (C=O) groups is 2. The molecule has 4 heteroatoms. The molecule has 3 aliphatic rings. The first-order valence-corrected chi connectivity index (χ1v) is 8.31. The maximum Gasteiger partial charge on any atom is 0.351 e. The Hall–Kier alpha value is -1.84. The summed E-state index contributed by atoms with van der Waals surface area (Å²) in [6.07, 6.45) is 2.56. The summed E-state index contributed by atoms with van der Waals surface area (Å²) in [6.45, 7) is 5.81. The number of fused-ring (bicyclic) bond motifs is 3. The van der Waals surface area contributed by atoms with Crippen LogP contribution < -0.4 is 0 Å². The van der Waals surface area contributed by atoms with E-state index in [-0.39, 0.29) is 18.0 Å². The highest BCUT2D eigenvalue weighted by atomic mass is 16.6. The second-order valence-electron chi connectivity index (χ2n) is 7.88. The van der Waals surface area contributed by atoms with Gasteiger partial charge in [-0.15, -0.1) is 0 Å². The van der Waals surface area contributed by atoms with Crippen LogP contribution in [0.3, 0.4) is 0 Å². The van der Waals surface area contributed by atoms with E-state index in [1.54, 1.807) is 0 Å². The predicted molar refractivity (Wildman–Crippen MR) is 83.7 cm³/mol. The van der Waals surface area contributed by atoms with E-state index in [1.165, 1.54) is 11.1 Å². The summed E-state index contributed by atoms with van der Waals surface area (Å²) in [6, 6.07) is 8.17. The third kappa shape index (κ3) is 1.67. The van der Waals surface area contributed by atoms with Crippen LogP contribution in [0.4, 0.5) is 0 Å². The molecule has 122 valence electrons. The zero-order valence-electron chi connectivity index (χ0n) is 13.8. The first kappa shape index (κ1) is 14.7. The lowest BCUT2D eigenvalue weighted by atomic mass is 9.66. The second-order valence-corrected chi connectivity index (χ2v) is 7.88.